The molecule has 0 fully saturated rings. The van der Waals surface area contributed by atoms with Crippen LogP contribution in [0.2, 0.25) is 0 Å². The highest BCUT2D eigenvalue weighted by Crippen LogP contribution is 2.24. The first-order valence-electron chi connectivity index (χ1n) is 5.71. The van der Waals surface area contributed by atoms with Gasteiger partial charge in [0.15, 0.2) is 5.82 Å². The van der Waals surface area contributed by atoms with Crippen LogP contribution in [0.25, 0.3) is 0 Å². The van der Waals surface area contributed by atoms with E-state index in [9.17, 15) is 8.42 Å². The van der Waals surface area contributed by atoms with E-state index < -0.39 is 10.0 Å². The number of aryl methyl sites for hydroxylation is 2. The van der Waals surface area contributed by atoms with Crippen molar-refractivity contribution in [1.29, 1.82) is 0 Å². The van der Waals surface area contributed by atoms with Gasteiger partial charge in [-0.3, -0.25) is 9.82 Å². The Morgan fingerprint density at radius 2 is 1.89 bits per heavy atom. The highest BCUT2D eigenvalue weighted by atomic mass is 32.2. The van der Waals surface area contributed by atoms with Crippen LogP contribution in [0, 0.1) is 20.8 Å². The summed E-state index contributed by atoms with van der Waals surface area (Å²) in [6, 6.07) is 4.95. The van der Waals surface area contributed by atoms with Crippen molar-refractivity contribution in [2.45, 2.75) is 25.7 Å². The zero-order chi connectivity index (χ0) is 14.2. The number of rotatable bonds is 3. The minimum Gasteiger partial charge on any atom is -0.398 e. The summed E-state index contributed by atoms with van der Waals surface area (Å²) in [6.07, 6.45) is 0. The molecule has 2 rings (SSSR count). The molecule has 0 bridgehead atoms. The number of nitrogens with one attached hydrogen (secondary N) is 2. The molecule has 6 nitrogen and oxygen atoms in total. The second-order valence-electron chi connectivity index (χ2n) is 4.52. The molecule has 0 aliphatic carbocycles. The molecule has 0 amide bonds. The van der Waals surface area contributed by atoms with Crippen LogP contribution in [0.15, 0.2) is 23.1 Å². The van der Waals surface area contributed by atoms with Gasteiger partial charge in [-0.2, -0.15) is 5.10 Å². The van der Waals surface area contributed by atoms with Gasteiger partial charge in [-0.05, 0) is 44.0 Å². The average Bonchev–Trinajstić information content (AvgIpc) is 2.68. The number of nitrogens with two attached hydrogens (primary N) is 1. The number of hydrogen-bond acceptors (Lipinski definition) is 4. The maximum atomic E-state index is 12.3. The third-order valence-corrected chi connectivity index (χ3v) is 4.26. The highest BCUT2D eigenvalue weighted by Gasteiger charge is 2.19. The Balaban J connectivity index is 2.45. The number of H-pyrrole nitrogens is 1. The quantitative estimate of drug-likeness (QED) is 0.745. The van der Waals surface area contributed by atoms with Gasteiger partial charge in [0.1, 0.15) is 0 Å². The van der Waals surface area contributed by atoms with Crippen molar-refractivity contribution >= 4 is 21.5 Å². The zero-order valence-electron chi connectivity index (χ0n) is 11.0. The molecule has 0 saturated heterocycles. The first-order chi connectivity index (χ1) is 8.79. The number of nitrogen functional groups attached to an aromatic ring is 1. The fraction of sp³-hybridized carbons (Fsp3) is 0.250. The second kappa shape index (κ2) is 4.58. The van der Waals surface area contributed by atoms with Crippen LogP contribution in [-0.4, -0.2) is 18.6 Å². The lowest BCUT2D eigenvalue weighted by Crippen LogP contribution is -2.15. The van der Waals surface area contributed by atoms with E-state index in [-0.39, 0.29) is 10.7 Å². The molecule has 2 aromatic rings. The van der Waals surface area contributed by atoms with Gasteiger partial charge < -0.3 is 5.73 Å². The lowest BCUT2D eigenvalue weighted by atomic mass is 10.1. The molecule has 0 radical (unpaired) electrons. The Hall–Kier alpha value is -2.02. The van der Waals surface area contributed by atoms with E-state index in [1.54, 1.807) is 39.0 Å². The average molecular weight is 280 g/mol. The van der Waals surface area contributed by atoms with E-state index in [0.29, 0.717) is 11.3 Å². The molecule has 0 unspecified atom stereocenters. The number of benzene rings is 1. The molecule has 1 aromatic carbocycles. The molecule has 0 aliphatic rings. The number of aromatic nitrogens is 2. The molecule has 1 aromatic heterocycles. The van der Waals surface area contributed by atoms with Crippen LogP contribution in [0.3, 0.4) is 0 Å². The molecule has 102 valence electrons. The van der Waals surface area contributed by atoms with Crippen LogP contribution in [-0.2, 0) is 10.0 Å². The maximum absolute atomic E-state index is 12.3. The summed E-state index contributed by atoms with van der Waals surface area (Å²) >= 11 is 0. The van der Waals surface area contributed by atoms with Crippen LogP contribution < -0.4 is 10.5 Å². The number of anilines is 2. The predicted octanol–water partition coefficient (Wildman–Crippen LogP) is 1.72. The van der Waals surface area contributed by atoms with Crippen molar-refractivity contribution < 1.29 is 8.42 Å². The number of hydrogen-bond donors (Lipinski definition) is 3. The standard InChI is InChI=1S/C12H16N4O2S/c1-7-4-10(13)9(3)11(5-7)19(17,18)16-12-6-8(2)14-15-12/h4-6H,13H2,1-3H3,(H2,14,15,16). The summed E-state index contributed by atoms with van der Waals surface area (Å²) in [5.74, 6) is 0.261. The van der Waals surface area contributed by atoms with Crippen LogP contribution in [0.4, 0.5) is 11.5 Å². The van der Waals surface area contributed by atoms with Crippen molar-refractivity contribution in [3.8, 4) is 0 Å². The van der Waals surface area contributed by atoms with Crippen LogP contribution in [0.5, 0.6) is 0 Å². The smallest absolute Gasteiger partial charge is 0.263 e. The molecule has 1 heterocycles. The van der Waals surface area contributed by atoms with E-state index in [2.05, 4.69) is 14.9 Å². The van der Waals surface area contributed by atoms with E-state index >= 15 is 0 Å². The lowest BCUT2D eigenvalue weighted by Gasteiger charge is -2.11. The minimum absolute atomic E-state index is 0.172. The molecule has 0 aliphatic heterocycles. The fourth-order valence-electron chi connectivity index (χ4n) is 1.79. The molecule has 0 spiro atoms. The lowest BCUT2D eigenvalue weighted by molar-refractivity contribution is 0.600. The minimum atomic E-state index is -3.69. The normalized spacial score (nSPS) is 11.5. The fourth-order valence-corrected chi connectivity index (χ4v) is 3.15. The van der Waals surface area contributed by atoms with Crippen LogP contribution >= 0.6 is 0 Å². The SMILES string of the molecule is Cc1cc(N)c(C)c(S(=O)(=O)Nc2cc(C)[nH]n2)c1. The molecule has 19 heavy (non-hydrogen) atoms. The van der Waals surface area contributed by atoms with Crippen molar-refractivity contribution in [2.24, 2.45) is 0 Å². The monoisotopic (exact) mass is 280 g/mol. The Kier molecular flexibility index (Phi) is 3.23. The third-order valence-electron chi connectivity index (χ3n) is 2.78. The van der Waals surface area contributed by atoms with E-state index in [4.69, 9.17) is 5.73 Å². The molecule has 7 heteroatoms. The van der Waals surface area contributed by atoms with Crippen molar-refractivity contribution in [3.63, 3.8) is 0 Å². The first kappa shape index (κ1) is 13.4. The van der Waals surface area contributed by atoms with Gasteiger partial charge in [0, 0.05) is 17.4 Å². The largest absolute Gasteiger partial charge is 0.398 e. The Morgan fingerprint density at radius 3 is 2.47 bits per heavy atom. The Morgan fingerprint density at radius 1 is 1.21 bits per heavy atom. The molecule has 0 atom stereocenters. The zero-order valence-corrected chi connectivity index (χ0v) is 11.8. The summed E-state index contributed by atoms with van der Waals surface area (Å²) in [7, 11) is -3.69. The van der Waals surface area contributed by atoms with Gasteiger partial charge in [-0.1, -0.05) is 0 Å². The molecular weight excluding hydrogens is 264 g/mol. The highest BCUT2D eigenvalue weighted by molar-refractivity contribution is 7.92. The second-order valence-corrected chi connectivity index (χ2v) is 6.17. The van der Waals surface area contributed by atoms with Gasteiger partial charge in [0.05, 0.1) is 4.90 Å². The summed E-state index contributed by atoms with van der Waals surface area (Å²) in [5, 5.41) is 6.53. The number of aromatic amines is 1. The third kappa shape index (κ3) is 2.70. The topological polar surface area (TPSA) is 101 Å². The van der Waals surface area contributed by atoms with Gasteiger partial charge >= 0.3 is 0 Å². The van der Waals surface area contributed by atoms with E-state index in [1.165, 1.54) is 0 Å². The Labute approximate surface area is 112 Å². The van der Waals surface area contributed by atoms with Gasteiger partial charge in [0.2, 0.25) is 0 Å². The van der Waals surface area contributed by atoms with Gasteiger partial charge in [0.25, 0.3) is 10.0 Å². The summed E-state index contributed by atoms with van der Waals surface area (Å²) in [5.41, 5.74) is 8.36. The summed E-state index contributed by atoms with van der Waals surface area (Å²) in [6.45, 7) is 5.27. The van der Waals surface area contributed by atoms with E-state index in [1.807, 2.05) is 0 Å². The van der Waals surface area contributed by atoms with Crippen molar-refractivity contribution in [1.82, 2.24) is 10.2 Å². The van der Waals surface area contributed by atoms with E-state index in [0.717, 1.165) is 11.3 Å². The number of sulfonamides is 1. The summed E-state index contributed by atoms with van der Waals surface area (Å²) < 4.78 is 27.1. The van der Waals surface area contributed by atoms with Crippen molar-refractivity contribution in [2.75, 3.05) is 10.5 Å². The molecular formula is C12H16N4O2S. The molecule has 4 N–H and O–H groups in total. The summed E-state index contributed by atoms with van der Waals surface area (Å²) in [4.78, 5) is 0.172. The van der Waals surface area contributed by atoms with Crippen molar-refractivity contribution in [3.05, 3.63) is 35.0 Å². The molecule has 0 saturated carbocycles. The maximum Gasteiger partial charge on any atom is 0.263 e. The van der Waals surface area contributed by atoms with Gasteiger partial charge in [-0.25, -0.2) is 8.42 Å². The van der Waals surface area contributed by atoms with Crippen LogP contribution in [0.1, 0.15) is 16.8 Å². The predicted molar refractivity (Wildman–Crippen MR) is 74.5 cm³/mol. The first-order valence-corrected chi connectivity index (χ1v) is 7.19. The number of nitrogens with zero attached hydrogens (tertiary/aromatic N) is 1. The Bertz CT molecular complexity index is 719. The van der Waals surface area contributed by atoms with Gasteiger partial charge in [-0.15, -0.1) is 0 Å².